The Morgan fingerprint density at radius 2 is 1.95 bits per heavy atom. The highest BCUT2D eigenvalue weighted by Crippen LogP contribution is 2.50. The number of nitrogens with zero attached hydrogens (tertiary/aromatic N) is 1. The van der Waals surface area contributed by atoms with Gasteiger partial charge in [0.2, 0.25) is 0 Å². The van der Waals surface area contributed by atoms with E-state index in [1.165, 1.54) is 18.2 Å². The summed E-state index contributed by atoms with van der Waals surface area (Å²) in [5, 5.41) is 9.79. The van der Waals surface area contributed by atoms with E-state index in [2.05, 4.69) is 0 Å². The summed E-state index contributed by atoms with van der Waals surface area (Å²) in [4.78, 5) is -0.0459. The zero-order chi connectivity index (χ0) is 15.1. The van der Waals surface area contributed by atoms with E-state index in [1.807, 2.05) is 19.9 Å². The van der Waals surface area contributed by atoms with Crippen LogP contribution in [0.1, 0.15) is 26.7 Å². The third-order valence-corrected chi connectivity index (χ3v) is 7.07. The van der Waals surface area contributed by atoms with E-state index < -0.39 is 14.6 Å². The number of rotatable bonds is 3. The largest absolute Gasteiger partial charge is 0.222 e. The summed E-state index contributed by atoms with van der Waals surface area (Å²) in [5.41, 5.74) is 0. The molecule has 0 aromatic heterocycles. The summed E-state index contributed by atoms with van der Waals surface area (Å²) in [6.07, 6.45) is 0.707. The maximum atomic E-state index is 12.7. The van der Waals surface area contributed by atoms with Gasteiger partial charge in [-0.25, -0.2) is 8.42 Å². The van der Waals surface area contributed by atoms with Crippen LogP contribution in [0.5, 0.6) is 0 Å². The Morgan fingerprint density at radius 3 is 2.45 bits per heavy atom. The molecule has 0 bridgehead atoms. The fourth-order valence-electron chi connectivity index (χ4n) is 2.52. The lowest BCUT2D eigenvalue weighted by Gasteiger charge is -2.43. The Morgan fingerprint density at radius 1 is 1.35 bits per heavy atom. The number of hydrogen-bond donors (Lipinski definition) is 0. The second-order valence-electron chi connectivity index (χ2n) is 5.60. The Balaban J connectivity index is 2.45. The van der Waals surface area contributed by atoms with Crippen LogP contribution >= 0.6 is 23.2 Å². The summed E-state index contributed by atoms with van der Waals surface area (Å²) in [7, 11) is -3.81. The molecule has 0 saturated heterocycles. The van der Waals surface area contributed by atoms with Gasteiger partial charge in [0, 0.05) is 5.02 Å². The van der Waals surface area contributed by atoms with Crippen molar-refractivity contribution in [2.24, 2.45) is 11.8 Å². The van der Waals surface area contributed by atoms with Crippen molar-refractivity contribution in [3.05, 3.63) is 28.2 Å². The number of nitriles is 1. The molecule has 0 N–H and O–H groups in total. The quantitative estimate of drug-likeness (QED) is 0.837. The van der Waals surface area contributed by atoms with Crippen LogP contribution in [0, 0.1) is 23.2 Å². The number of halogens is 2. The Hall–Kier alpha value is -0.760. The minimum atomic E-state index is -3.81. The molecule has 0 atom stereocenters. The van der Waals surface area contributed by atoms with Gasteiger partial charge in [0.05, 0.1) is 16.0 Å². The molecule has 1 aromatic rings. The molecule has 1 saturated carbocycles. The minimum absolute atomic E-state index is 0.0459. The van der Waals surface area contributed by atoms with E-state index in [0.29, 0.717) is 23.8 Å². The second kappa shape index (κ2) is 5.22. The fraction of sp³-hybridized carbons (Fsp3) is 0.500. The third kappa shape index (κ3) is 2.32. The van der Waals surface area contributed by atoms with Crippen molar-refractivity contribution in [1.29, 1.82) is 5.26 Å². The lowest BCUT2D eigenvalue weighted by atomic mass is 9.69. The van der Waals surface area contributed by atoms with E-state index in [1.54, 1.807) is 0 Å². The van der Waals surface area contributed by atoms with Crippen LogP contribution in [0.4, 0.5) is 0 Å². The zero-order valence-electron chi connectivity index (χ0n) is 11.2. The molecule has 3 nitrogen and oxygen atoms in total. The summed E-state index contributed by atoms with van der Waals surface area (Å²) in [6, 6.07) is 6.29. The normalized spacial score (nSPS) is 26.1. The SMILES string of the molecule is CC(C)C1CC(C#N)(S(=O)(=O)c2cc(Cl)ccc2Cl)C1. The van der Waals surface area contributed by atoms with Gasteiger partial charge in [0.15, 0.2) is 14.6 Å². The van der Waals surface area contributed by atoms with Gasteiger partial charge in [-0.3, -0.25) is 0 Å². The molecular weight excluding hydrogens is 317 g/mol. The lowest BCUT2D eigenvalue weighted by molar-refractivity contribution is 0.198. The summed E-state index contributed by atoms with van der Waals surface area (Å²) in [5.74, 6) is 0.615. The molecular formula is C14H15Cl2NO2S. The smallest absolute Gasteiger partial charge is 0.198 e. The van der Waals surface area contributed by atoms with Crippen molar-refractivity contribution < 1.29 is 8.42 Å². The maximum absolute atomic E-state index is 12.7. The summed E-state index contributed by atoms with van der Waals surface area (Å²) in [6.45, 7) is 4.07. The molecule has 0 amide bonds. The van der Waals surface area contributed by atoms with E-state index in [9.17, 15) is 13.7 Å². The first-order chi connectivity index (χ1) is 9.23. The third-order valence-electron chi connectivity index (χ3n) is 4.03. The van der Waals surface area contributed by atoms with Gasteiger partial charge in [-0.15, -0.1) is 0 Å². The monoisotopic (exact) mass is 331 g/mol. The predicted molar refractivity (Wildman–Crippen MR) is 79.6 cm³/mol. The van der Waals surface area contributed by atoms with Crippen LogP contribution in [0.25, 0.3) is 0 Å². The van der Waals surface area contributed by atoms with Gasteiger partial charge in [-0.1, -0.05) is 37.0 Å². The van der Waals surface area contributed by atoms with Crippen molar-refractivity contribution in [3.63, 3.8) is 0 Å². The van der Waals surface area contributed by atoms with E-state index in [-0.39, 0.29) is 15.8 Å². The Bertz CT molecular complexity index is 671. The fourth-order valence-corrected chi connectivity index (χ4v) is 5.20. The van der Waals surface area contributed by atoms with Crippen LogP contribution in [-0.2, 0) is 9.84 Å². The molecule has 1 aliphatic rings. The topological polar surface area (TPSA) is 57.9 Å². The summed E-state index contributed by atoms with van der Waals surface area (Å²) < 4.78 is 24.1. The van der Waals surface area contributed by atoms with Crippen LogP contribution in [0.2, 0.25) is 10.0 Å². The number of sulfone groups is 1. The molecule has 0 aliphatic heterocycles. The number of benzene rings is 1. The molecule has 2 rings (SSSR count). The van der Waals surface area contributed by atoms with Gasteiger partial charge in [-0.05, 0) is 42.9 Å². The van der Waals surface area contributed by atoms with Crippen LogP contribution in [-0.4, -0.2) is 13.2 Å². The molecule has 0 spiro atoms. The molecule has 108 valence electrons. The molecule has 20 heavy (non-hydrogen) atoms. The average Bonchev–Trinajstić information content (AvgIpc) is 2.30. The second-order valence-corrected chi connectivity index (χ2v) is 8.67. The minimum Gasteiger partial charge on any atom is -0.222 e. The molecule has 1 aliphatic carbocycles. The molecule has 0 heterocycles. The van der Waals surface area contributed by atoms with Crippen molar-refractivity contribution in [2.45, 2.75) is 36.3 Å². The highest BCUT2D eigenvalue weighted by molar-refractivity contribution is 7.93. The van der Waals surface area contributed by atoms with Gasteiger partial charge < -0.3 is 0 Å². The van der Waals surface area contributed by atoms with Crippen molar-refractivity contribution in [2.75, 3.05) is 0 Å². The van der Waals surface area contributed by atoms with Crippen molar-refractivity contribution >= 4 is 33.0 Å². The predicted octanol–water partition coefficient (Wildman–Crippen LogP) is 4.10. The zero-order valence-corrected chi connectivity index (χ0v) is 13.6. The first kappa shape index (κ1) is 15.6. The first-order valence-electron chi connectivity index (χ1n) is 6.34. The summed E-state index contributed by atoms with van der Waals surface area (Å²) >= 11 is 11.8. The highest BCUT2D eigenvalue weighted by Gasteiger charge is 2.56. The van der Waals surface area contributed by atoms with E-state index in [0.717, 1.165) is 0 Å². The molecule has 1 aromatic carbocycles. The Labute approximate surface area is 129 Å². The van der Waals surface area contributed by atoms with Crippen molar-refractivity contribution in [3.8, 4) is 6.07 Å². The average molecular weight is 332 g/mol. The van der Waals surface area contributed by atoms with Gasteiger partial charge in [0.25, 0.3) is 0 Å². The molecule has 0 radical (unpaired) electrons. The maximum Gasteiger partial charge on any atom is 0.198 e. The van der Waals surface area contributed by atoms with Crippen LogP contribution in [0.15, 0.2) is 23.1 Å². The van der Waals surface area contributed by atoms with Gasteiger partial charge >= 0.3 is 0 Å². The molecule has 0 unspecified atom stereocenters. The van der Waals surface area contributed by atoms with Gasteiger partial charge in [0.1, 0.15) is 0 Å². The molecule has 1 fully saturated rings. The van der Waals surface area contributed by atoms with Gasteiger partial charge in [-0.2, -0.15) is 5.26 Å². The van der Waals surface area contributed by atoms with Crippen LogP contribution < -0.4 is 0 Å². The van der Waals surface area contributed by atoms with E-state index in [4.69, 9.17) is 23.2 Å². The standard InChI is InChI=1S/C14H15Cl2NO2S/c1-9(2)10-6-14(7-10,8-17)20(18,19)13-5-11(15)3-4-12(13)16/h3-5,9-10H,6-7H2,1-2H3. The lowest BCUT2D eigenvalue weighted by Crippen LogP contribution is -2.50. The first-order valence-corrected chi connectivity index (χ1v) is 8.58. The molecule has 6 heteroatoms. The Kier molecular flexibility index (Phi) is 4.07. The number of hydrogen-bond acceptors (Lipinski definition) is 3. The van der Waals surface area contributed by atoms with Crippen molar-refractivity contribution in [1.82, 2.24) is 0 Å². The van der Waals surface area contributed by atoms with E-state index >= 15 is 0 Å². The van der Waals surface area contributed by atoms with Crippen LogP contribution in [0.3, 0.4) is 0 Å². The highest BCUT2D eigenvalue weighted by atomic mass is 35.5.